The van der Waals surface area contributed by atoms with Crippen LogP contribution in [0.1, 0.15) is 19.8 Å². The van der Waals surface area contributed by atoms with Crippen LogP contribution < -0.4 is 10.0 Å². The van der Waals surface area contributed by atoms with Gasteiger partial charge in [0.2, 0.25) is 10.0 Å². The average molecular weight is 408 g/mol. The summed E-state index contributed by atoms with van der Waals surface area (Å²) in [5.41, 5.74) is -0.0658. The lowest BCUT2D eigenvalue weighted by atomic mass is 9.81. The molecule has 0 radical (unpaired) electrons. The van der Waals surface area contributed by atoms with Gasteiger partial charge in [0.15, 0.2) is 0 Å². The number of sulfonamides is 1. The Morgan fingerprint density at radius 3 is 2.18 bits per heavy atom. The van der Waals surface area contributed by atoms with Crippen LogP contribution in [-0.2, 0) is 10.0 Å². The first-order chi connectivity index (χ1) is 9.73. The second-order valence-corrected chi connectivity index (χ2v) is 8.54. The third-order valence-electron chi connectivity index (χ3n) is 3.73. The second kappa shape index (κ2) is 7.88. The van der Waals surface area contributed by atoms with Gasteiger partial charge >= 0.3 is 0 Å². The molecule has 9 heteroatoms. The largest absolute Gasteiger partial charge is 0.317 e. The molecule has 0 aromatic heterocycles. The standard InChI is InChI=1S/C13H17Cl3N2O2S.ClH/c1-13(2-4-17-5-3-13)8-18-21(19,20)12-10(15)6-9(14)7-11(12)16;/h6-7,17-18H,2-5,8H2,1H3;1H. The van der Waals surface area contributed by atoms with Crippen molar-refractivity contribution in [3.8, 4) is 0 Å². The maximum Gasteiger partial charge on any atom is 0.243 e. The Morgan fingerprint density at radius 1 is 1.18 bits per heavy atom. The van der Waals surface area contributed by atoms with E-state index < -0.39 is 10.0 Å². The molecule has 1 fully saturated rings. The Balaban J connectivity index is 0.00000242. The zero-order valence-corrected chi connectivity index (χ0v) is 15.9. The van der Waals surface area contributed by atoms with Gasteiger partial charge in [0.05, 0.1) is 10.0 Å². The van der Waals surface area contributed by atoms with Crippen molar-refractivity contribution in [3.05, 3.63) is 27.2 Å². The molecule has 1 aromatic rings. The van der Waals surface area contributed by atoms with E-state index in [0.717, 1.165) is 25.9 Å². The van der Waals surface area contributed by atoms with Gasteiger partial charge in [-0.1, -0.05) is 41.7 Å². The van der Waals surface area contributed by atoms with Crippen LogP contribution in [0.2, 0.25) is 15.1 Å². The van der Waals surface area contributed by atoms with Gasteiger partial charge in [-0.15, -0.1) is 12.4 Å². The smallest absolute Gasteiger partial charge is 0.243 e. The monoisotopic (exact) mass is 406 g/mol. The number of nitrogens with one attached hydrogen (secondary N) is 2. The van der Waals surface area contributed by atoms with Crippen LogP contribution in [0.4, 0.5) is 0 Å². The molecule has 1 saturated heterocycles. The van der Waals surface area contributed by atoms with Crippen molar-refractivity contribution in [2.75, 3.05) is 19.6 Å². The summed E-state index contributed by atoms with van der Waals surface area (Å²) in [6, 6.07) is 2.74. The predicted octanol–water partition coefficient (Wildman–Crippen LogP) is 3.74. The SMILES string of the molecule is CC1(CNS(=O)(=O)c2c(Cl)cc(Cl)cc2Cl)CCNCC1.Cl. The van der Waals surface area contributed by atoms with E-state index in [1.807, 2.05) is 0 Å². The fraction of sp³-hybridized carbons (Fsp3) is 0.538. The van der Waals surface area contributed by atoms with E-state index in [4.69, 9.17) is 34.8 Å². The zero-order valence-electron chi connectivity index (χ0n) is 12.0. The lowest BCUT2D eigenvalue weighted by molar-refractivity contribution is 0.232. The minimum absolute atomic E-state index is 0. The van der Waals surface area contributed by atoms with Crippen molar-refractivity contribution in [1.29, 1.82) is 0 Å². The zero-order chi connectivity index (χ0) is 15.7. The molecule has 1 aliphatic rings. The molecule has 126 valence electrons. The van der Waals surface area contributed by atoms with E-state index in [9.17, 15) is 8.42 Å². The van der Waals surface area contributed by atoms with Crippen LogP contribution in [0.5, 0.6) is 0 Å². The molecule has 0 atom stereocenters. The first-order valence-corrected chi connectivity index (χ1v) is 9.20. The van der Waals surface area contributed by atoms with Crippen LogP contribution >= 0.6 is 47.2 Å². The van der Waals surface area contributed by atoms with Crippen molar-refractivity contribution < 1.29 is 8.42 Å². The fourth-order valence-corrected chi connectivity index (χ4v) is 5.07. The minimum Gasteiger partial charge on any atom is -0.317 e. The maximum atomic E-state index is 12.4. The highest BCUT2D eigenvalue weighted by atomic mass is 35.5. The van der Waals surface area contributed by atoms with Crippen molar-refractivity contribution in [3.63, 3.8) is 0 Å². The molecule has 1 aromatic carbocycles. The van der Waals surface area contributed by atoms with E-state index >= 15 is 0 Å². The van der Waals surface area contributed by atoms with E-state index in [2.05, 4.69) is 17.0 Å². The van der Waals surface area contributed by atoms with Crippen molar-refractivity contribution >= 4 is 57.2 Å². The molecule has 0 amide bonds. The summed E-state index contributed by atoms with van der Waals surface area (Å²) >= 11 is 17.8. The Morgan fingerprint density at radius 2 is 1.68 bits per heavy atom. The molecule has 0 saturated carbocycles. The van der Waals surface area contributed by atoms with Crippen LogP contribution in [0, 0.1) is 5.41 Å². The van der Waals surface area contributed by atoms with Crippen LogP contribution in [0.25, 0.3) is 0 Å². The summed E-state index contributed by atoms with van der Waals surface area (Å²) in [4.78, 5) is -0.118. The van der Waals surface area contributed by atoms with Gasteiger partial charge in [-0.3, -0.25) is 0 Å². The molecule has 0 aliphatic carbocycles. The summed E-state index contributed by atoms with van der Waals surface area (Å²) in [5.74, 6) is 0. The van der Waals surface area contributed by atoms with Gasteiger partial charge in [-0.25, -0.2) is 13.1 Å². The number of rotatable bonds is 4. The van der Waals surface area contributed by atoms with Crippen LogP contribution in [-0.4, -0.2) is 28.1 Å². The number of halogens is 4. The summed E-state index contributed by atoms with van der Waals surface area (Å²) in [6.07, 6.45) is 1.83. The van der Waals surface area contributed by atoms with Gasteiger partial charge in [0, 0.05) is 11.6 Å². The summed E-state index contributed by atoms with van der Waals surface area (Å²) in [6.45, 7) is 4.20. The summed E-state index contributed by atoms with van der Waals surface area (Å²) in [5, 5.41) is 3.61. The summed E-state index contributed by atoms with van der Waals surface area (Å²) in [7, 11) is -3.77. The third kappa shape index (κ3) is 4.87. The van der Waals surface area contributed by atoms with Crippen molar-refractivity contribution in [1.82, 2.24) is 10.0 Å². The van der Waals surface area contributed by atoms with Crippen molar-refractivity contribution in [2.45, 2.75) is 24.7 Å². The highest BCUT2D eigenvalue weighted by Crippen LogP contribution is 2.33. The molecular weight excluding hydrogens is 390 g/mol. The molecule has 0 unspecified atom stereocenters. The first-order valence-electron chi connectivity index (χ1n) is 6.58. The average Bonchev–Trinajstić information content (AvgIpc) is 2.36. The quantitative estimate of drug-likeness (QED) is 0.799. The fourth-order valence-electron chi connectivity index (χ4n) is 2.33. The van der Waals surface area contributed by atoms with Gasteiger partial charge in [-0.05, 0) is 43.5 Å². The van der Waals surface area contributed by atoms with Crippen LogP contribution in [0.15, 0.2) is 17.0 Å². The molecular formula is C13H18Cl4N2O2S. The van der Waals surface area contributed by atoms with E-state index in [-0.39, 0.29) is 32.8 Å². The third-order valence-corrected chi connectivity index (χ3v) is 6.27. The Kier molecular flexibility index (Phi) is 7.27. The first kappa shape index (κ1) is 20.3. The van der Waals surface area contributed by atoms with Gasteiger partial charge in [-0.2, -0.15) is 0 Å². The molecule has 4 nitrogen and oxygen atoms in total. The molecule has 1 aliphatic heterocycles. The topological polar surface area (TPSA) is 58.2 Å². The summed E-state index contributed by atoms with van der Waals surface area (Å²) < 4.78 is 27.5. The Labute approximate surface area is 152 Å². The maximum absolute atomic E-state index is 12.4. The highest BCUT2D eigenvalue weighted by Gasteiger charge is 2.30. The normalized spacial score (nSPS) is 17.8. The molecule has 22 heavy (non-hydrogen) atoms. The molecule has 1 heterocycles. The number of benzene rings is 1. The van der Waals surface area contributed by atoms with Crippen molar-refractivity contribution in [2.24, 2.45) is 5.41 Å². The van der Waals surface area contributed by atoms with E-state index in [1.165, 1.54) is 12.1 Å². The minimum atomic E-state index is -3.77. The Hall–Kier alpha value is 0.250. The second-order valence-electron chi connectivity index (χ2n) is 5.58. The van der Waals surface area contributed by atoms with Crippen LogP contribution in [0.3, 0.4) is 0 Å². The molecule has 2 N–H and O–H groups in total. The van der Waals surface area contributed by atoms with Gasteiger partial charge < -0.3 is 5.32 Å². The predicted molar refractivity (Wildman–Crippen MR) is 94.1 cm³/mol. The van der Waals surface area contributed by atoms with Gasteiger partial charge in [0.25, 0.3) is 0 Å². The molecule has 0 bridgehead atoms. The Bertz CT molecular complexity index is 608. The lowest BCUT2D eigenvalue weighted by Crippen LogP contribution is -2.42. The van der Waals surface area contributed by atoms with E-state index in [0.29, 0.717) is 11.6 Å². The molecule has 0 spiro atoms. The number of piperidine rings is 1. The number of hydrogen-bond donors (Lipinski definition) is 2. The van der Waals surface area contributed by atoms with Gasteiger partial charge in [0.1, 0.15) is 4.90 Å². The number of hydrogen-bond acceptors (Lipinski definition) is 3. The highest BCUT2D eigenvalue weighted by molar-refractivity contribution is 7.89. The van der Waals surface area contributed by atoms with E-state index in [1.54, 1.807) is 0 Å². The lowest BCUT2D eigenvalue weighted by Gasteiger charge is -2.34. The molecule has 2 rings (SSSR count).